The molecule has 1 N–H and O–H groups in total. The molecular formula is C19H35N5O3S. The minimum Gasteiger partial charge on any atom is -0.337 e. The summed E-state index contributed by atoms with van der Waals surface area (Å²) in [5.41, 5.74) is -0.898. The Labute approximate surface area is 170 Å². The average molecular weight is 414 g/mol. The number of nitrogens with one attached hydrogen (secondary N) is 1. The highest BCUT2D eigenvalue weighted by atomic mass is 32.2. The van der Waals surface area contributed by atoms with Crippen LogP contribution in [-0.4, -0.2) is 79.2 Å². The van der Waals surface area contributed by atoms with E-state index >= 15 is 0 Å². The molecule has 2 rings (SSSR count). The summed E-state index contributed by atoms with van der Waals surface area (Å²) in [5, 5.41) is 12.1. The van der Waals surface area contributed by atoms with Crippen LogP contribution in [-0.2, 0) is 15.0 Å². The van der Waals surface area contributed by atoms with E-state index in [1.807, 2.05) is 18.7 Å². The van der Waals surface area contributed by atoms with Gasteiger partial charge in [-0.2, -0.15) is 22.3 Å². The van der Waals surface area contributed by atoms with Crippen molar-refractivity contribution >= 4 is 16.1 Å². The van der Waals surface area contributed by atoms with Crippen LogP contribution >= 0.6 is 0 Å². The Morgan fingerprint density at radius 3 is 2.29 bits per heavy atom. The van der Waals surface area contributed by atoms with E-state index < -0.39 is 15.7 Å². The number of nitriles is 1. The number of hydrogen-bond acceptors (Lipinski definition) is 5. The van der Waals surface area contributed by atoms with E-state index in [0.717, 1.165) is 25.7 Å². The lowest BCUT2D eigenvalue weighted by Gasteiger charge is -2.38. The van der Waals surface area contributed by atoms with Crippen LogP contribution in [0, 0.1) is 17.2 Å². The largest absolute Gasteiger partial charge is 0.337 e. The van der Waals surface area contributed by atoms with Crippen LogP contribution in [0.5, 0.6) is 0 Å². The molecule has 2 aliphatic rings. The summed E-state index contributed by atoms with van der Waals surface area (Å²) < 4.78 is 28.9. The number of nitrogens with zero attached hydrogens (tertiary/aromatic N) is 4. The van der Waals surface area contributed by atoms with Gasteiger partial charge in [-0.05, 0) is 25.7 Å². The van der Waals surface area contributed by atoms with Gasteiger partial charge in [-0.1, -0.05) is 33.1 Å². The number of carbonyl (C=O) groups is 1. The first-order valence-corrected chi connectivity index (χ1v) is 11.7. The van der Waals surface area contributed by atoms with E-state index in [0.29, 0.717) is 26.2 Å². The molecule has 160 valence electrons. The molecule has 1 amide bonds. The van der Waals surface area contributed by atoms with Gasteiger partial charge >= 0.3 is 0 Å². The van der Waals surface area contributed by atoms with E-state index in [4.69, 9.17) is 0 Å². The molecule has 1 heterocycles. The fourth-order valence-electron chi connectivity index (χ4n) is 3.77. The van der Waals surface area contributed by atoms with Gasteiger partial charge in [-0.3, -0.25) is 9.69 Å². The molecular weight excluding hydrogens is 378 g/mol. The predicted octanol–water partition coefficient (Wildman–Crippen LogP) is 1.17. The fourth-order valence-corrected chi connectivity index (χ4v) is 5.34. The van der Waals surface area contributed by atoms with Crippen LogP contribution < -0.4 is 5.32 Å². The van der Waals surface area contributed by atoms with Crippen LogP contribution in [0.4, 0.5) is 0 Å². The summed E-state index contributed by atoms with van der Waals surface area (Å²) in [6.07, 6.45) is 5.23. The second kappa shape index (κ2) is 9.53. The van der Waals surface area contributed by atoms with Crippen molar-refractivity contribution in [2.75, 3.05) is 39.8 Å². The highest BCUT2D eigenvalue weighted by Gasteiger charge is 2.35. The van der Waals surface area contributed by atoms with Crippen molar-refractivity contribution < 1.29 is 13.2 Å². The Balaban J connectivity index is 1.86. The Bertz CT molecular complexity index is 676. The van der Waals surface area contributed by atoms with Gasteiger partial charge in [-0.15, -0.1) is 0 Å². The van der Waals surface area contributed by atoms with Gasteiger partial charge in [0, 0.05) is 39.3 Å². The number of piperazine rings is 1. The highest BCUT2D eigenvalue weighted by molar-refractivity contribution is 7.86. The monoisotopic (exact) mass is 413 g/mol. The summed E-state index contributed by atoms with van der Waals surface area (Å²) in [4.78, 5) is 14.3. The number of hydrogen-bond donors (Lipinski definition) is 1. The van der Waals surface area contributed by atoms with Crippen LogP contribution in [0.15, 0.2) is 0 Å². The van der Waals surface area contributed by atoms with Crippen molar-refractivity contribution in [3.05, 3.63) is 0 Å². The van der Waals surface area contributed by atoms with Crippen molar-refractivity contribution in [1.29, 1.82) is 5.26 Å². The second-order valence-corrected chi connectivity index (χ2v) is 10.5. The zero-order valence-electron chi connectivity index (χ0n) is 17.6. The summed E-state index contributed by atoms with van der Waals surface area (Å²) >= 11 is 0. The van der Waals surface area contributed by atoms with Gasteiger partial charge in [0.05, 0.1) is 12.6 Å². The summed E-state index contributed by atoms with van der Waals surface area (Å²) in [6, 6.07) is 2.27. The van der Waals surface area contributed by atoms with Crippen molar-refractivity contribution in [2.24, 2.45) is 5.92 Å². The molecule has 1 aliphatic carbocycles. The second-order valence-electron chi connectivity index (χ2n) is 8.51. The highest BCUT2D eigenvalue weighted by Crippen LogP contribution is 2.25. The van der Waals surface area contributed by atoms with Gasteiger partial charge < -0.3 is 5.32 Å². The van der Waals surface area contributed by atoms with Crippen molar-refractivity contribution in [1.82, 2.24) is 18.8 Å². The van der Waals surface area contributed by atoms with Gasteiger partial charge in [-0.25, -0.2) is 0 Å². The lowest BCUT2D eigenvalue weighted by molar-refractivity contribution is -0.124. The van der Waals surface area contributed by atoms with Crippen LogP contribution in [0.2, 0.25) is 0 Å². The van der Waals surface area contributed by atoms with Crippen molar-refractivity contribution in [3.63, 3.8) is 0 Å². The normalized spacial score (nSPS) is 22.8. The van der Waals surface area contributed by atoms with Gasteiger partial charge in [0.2, 0.25) is 5.91 Å². The Morgan fingerprint density at radius 2 is 1.79 bits per heavy atom. The molecule has 8 nitrogen and oxygen atoms in total. The maximum Gasteiger partial charge on any atom is 0.282 e. The smallest absolute Gasteiger partial charge is 0.282 e. The molecule has 1 saturated heterocycles. The fraction of sp³-hybridized carbons (Fsp3) is 0.895. The quantitative estimate of drug-likeness (QED) is 0.676. The third-order valence-corrected chi connectivity index (χ3v) is 8.31. The van der Waals surface area contributed by atoms with Crippen molar-refractivity contribution in [2.45, 2.75) is 64.5 Å². The zero-order chi connectivity index (χ0) is 20.9. The molecule has 1 aliphatic heterocycles. The molecule has 0 aromatic heterocycles. The van der Waals surface area contributed by atoms with Crippen LogP contribution in [0.1, 0.15) is 52.9 Å². The Morgan fingerprint density at radius 1 is 1.21 bits per heavy atom. The third-order valence-electron chi connectivity index (χ3n) is 6.26. The SMILES string of the molecule is CC(C)C(C)(C#N)NC(=O)CN1CCN(S(=O)(=O)N(C)C2CCCCC2)CC1. The molecule has 1 atom stereocenters. The lowest BCUT2D eigenvalue weighted by atomic mass is 9.90. The Hall–Kier alpha value is -1.21. The van der Waals surface area contributed by atoms with Crippen LogP contribution in [0.25, 0.3) is 0 Å². The Kier molecular flexibility index (Phi) is 7.85. The van der Waals surface area contributed by atoms with E-state index in [1.165, 1.54) is 10.7 Å². The topological polar surface area (TPSA) is 96.7 Å². The van der Waals surface area contributed by atoms with Crippen LogP contribution in [0.3, 0.4) is 0 Å². The molecule has 28 heavy (non-hydrogen) atoms. The van der Waals surface area contributed by atoms with E-state index in [-0.39, 0.29) is 24.4 Å². The molecule has 2 fully saturated rings. The lowest BCUT2D eigenvalue weighted by Crippen LogP contribution is -2.57. The molecule has 9 heteroatoms. The third kappa shape index (κ3) is 5.44. The van der Waals surface area contributed by atoms with Gasteiger partial charge in [0.1, 0.15) is 5.54 Å². The molecule has 0 bridgehead atoms. The summed E-state index contributed by atoms with van der Waals surface area (Å²) in [5.74, 6) is -0.202. The number of rotatable bonds is 7. The van der Waals surface area contributed by atoms with Gasteiger partial charge in [0.25, 0.3) is 10.2 Å². The number of carbonyl (C=O) groups excluding carboxylic acids is 1. The molecule has 0 aromatic carbocycles. The maximum atomic E-state index is 12.9. The number of amides is 1. The molecule has 1 unspecified atom stereocenters. The molecule has 1 saturated carbocycles. The summed E-state index contributed by atoms with van der Waals surface area (Å²) in [6.45, 7) is 7.48. The maximum absolute atomic E-state index is 12.9. The van der Waals surface area contributed by atoms with Gasteiger partial charge in [0.15, 0.2) is 0 Å². The predicted molar refractivity (Wildman–Crippen MR) is 109 cm³/mol. The first-order valence-electron chi connectivity index (χ1n) is 10.3. The average Bonchev–Trinajstić information content (AvgIpc) is 2.68. The van der Waals surface area contributed by atoms with Crippen molar-refractivity contribution in [3.8, 4) is 6.07 Å². The minimum atomic E-state index is -3.46. The minimum absolute atomic E-state index is 0.00114. The van der Waals surface area contributed by atoms with E-state index in [2.05, 4.69) is 11.4 Å². The van der Waals surface area contributed by atoms with E-state index in [1.54, 1.807) is 18.3 Å². The first-order chi connectivity index (χ1) is 13.1. The standard InChI is InChI=1S/C19H35N5O3S/c1-16(2)19(3,15-20)21-18(25)14-23-10-12-24(13-11-23)28(26,27)22(4)17-8-6-5-7-9-17/h16-17H,5-14H2,1-4H3,(H,21,25). The molecule has 0 aromatic rings. The molecule has 0 radical (unpaired) electrons. The zero-order valence-corrected chi connectivity index (χ0v) is 18.5. The first kappa shape index (κ1) is 23.1. The summed E-state index contributed by atoms with van der Waals surface area (Å²) in [7, 11) is -1.77. The van der Waals surface area contributed by atoms with E-state index in [9.17, 15) is 18.5 Å². The molecule has 0 spiro atoms.